The fraction of sp³-hybridized carbons (Fsp3) is 0. The minimum atomic E-state index is -5.00. The fourth-order valence-electron chi connectivity index (χ4n) is 0.897. The Morgan fingerprint density at radius 3 is 1.45 bits per heavy atom. The van der Waals surface area contributed by atoms with Crippen LogP contribution in [0.3, 0.4) is 0 Å². The first-order valence-corrected chi connectivity index (χ1v) is 8.25. The van der Waals surface area contributed by atoms with Gasteiger partial charge in [-0.25, -0.2) is 0 Å². The number of rotatable bonds is 3. The van der Waals surface area contributed by atoms with Crippen molar-refractivity contribution in [3.63, 3.8) is 0 Å². The molecule has 0 spiro atoms. The van der Waals surface area contributed by atoms with Crippen molar-refractivity contribution < 1.29 is 35.5 Å². The number of hydrogen-bond donors (Lipinski definition) is 2. The summed E-state index contributed by atoms with van der Waals surface area (Å²) in [7, 11) is -10.00. The van der Waals surface area contributed by atoms with Gasteiger partial charge in [0.2, 0.25) is 0 Å². The molecule has 0 radical (unpaired) electrons. The highest BCUT2D eigenvalue weighted by molar-refractivity contribution is 8.02. The van der Waals surface area contributed by atoms with Gasteiger partial charge in [0, 0.05) is 12.2 Å². The van der Waals surface area contributed by atoms with Crippen molar-refractivity contribution >= 4 is 36.5 Å². The summed E-state index contributed by atoms with van der Waals surface area (Å²) < 4.78 is 56.2. The summed E-state index contributed by atoms with van der Waals surface area (Å²) in [5.74, 6) is 0. The molecule has 1 aromatic rings. The third kappa shape index (κ3) is 8.21. The second kappa shape index (κ2) is 8.34. The maximum absolute atomic E-state index is 10.3. The van der Waals surface area contributed by atoms with E-state index < -0.39 is 30.5 Å². The monoisotopic (exact) mass is 348 g/mol. The highest BCUT2D eigenvalue weighted by Gasteiger charge is 2.18. The molecule has 0 aliphatic rings. The van der Waals surface area contributed by atoms with Crippen molar-refractivity contribution in [2.75, 3.05) is 0 Å². The topological polar surface area (TPSA) is 143 Å². The molecule has 22 heavy (non-hydrogen) atoms. The molecule has 2 N–H and O–H groups in total. The quantitative estimate of drug-likeness (QED) is 0.600. The van der Waals surface area contributed by atoms with Crippen LogP contribution in [-0.4, -0.2) is 36.2 Å². The first kappa shape index (κ1) is 19.9. The molecule has 0 unspecified atom stereocenters. The molecule has 0 saturated heterocycles. The summed E-state index contributed by atoms with van der Waals surface area (Å²) in [4.78, 5) is 20.7. The van der Waals surface area contributed by atoms with Crippen LogP contribution in [0.1, 0.15) is 5.56 Å². The second-order valence-electron chi connectivity index (χ2n) is 3.54. The van der Waals surface area contributed by atoms with E-state index in [1.54, 1.807) is 0 Å². The Morgan fingerprint density at radius 1 is 0.864 bits per heavy atom. The normalized spacial score (nSPS) is 11.4. The van der Waals surface area contributed by atoms with Crippen LogP contribution in [0.25, 0.3) is 6.08 Å². The van der Waals surface area contributed by atoms with E-state index in [0.717, 1.165) is 0 Å². The average molecular weight is 348 g/mol. The summed E-state index contributed by atoms with van der Waals surface area (Å²) in [6.45, 7) is 3.63. The lowest BCUT2D eigenvalue weighted by Gasteiger charge is -1.88. The molecule has 8 nitrogen and oxygen atoms in total. The smallest absolute Gasteiger partial charge is 0.279 e. The predicted octanol–water partition coefficient (Wildman–Crippen LogP) is 0.701. The maximum atomic E-state index is 10.3. The lowest BCUT2D eigenvalue weighted by molar-refractivity contribution is -0.110. The Morgan fingerprint density at radius 2 is 1.23 bits per heavy atom. The summed E-state index contributed by atoms with van der Waals surface area (Å²) in [6.07, 6.45) is 1.84. The molecule has 1 rings (SSSR count). The Hall–Kier alpha value is -2.14. The Balaban J connectivity index is 0.000000461. The van der Waals surface area contributed by atoms with Gasteiger partial charge in [0.05, 0.1) is 0 Å². The zero-order chi connectivity index (χ0) is 17.4. The molecule has 120 valence electrons. The lowest BCUT2D eigenvalue weighted by Crippen LogP contribution is -2.13. The van der Waals surface area contributed by atoms with Crippen LogP contribution in [0.2, 0.25) is 0 Å². The molecule has 0 saturated carbocycles. The third-order valence-corrected chi connectivity index (χ3v) is 3.19. The highest BCUT2D eigenvalue weighted by atomic mass is 32.2. The van der Waals surface area contributed by atoms with Gasteiger partial charge in [-0.3, -0.25) is 18.7 Å². The van der Waals surface area contributed by atoms with Gasteiger partial charge in [-0.1, -0.05) is 43.0 Å². The van der Waals surface area contributed by atoms with Crippen LogP contribution in [0.4, 0.5) is 0 Å². The summed E-state index contributed by atoms with van der Waals surface area (Å²) in [5, 5.41) is -3.73. The van der Waals surface area contributed by atoms with E-state index in [0.29, 0.717) is 0 Å². The fourth-order valence-corrected chi connectivity index (χ4v) is 1.38. The van der Waals surface area contributed by atoms with Gasteiger partial charge >= 0.3 is 20.2 Å². The number of carbonyl (C=O) groups excluding carboxylic acids is 2. The minimum absolute atomic E-state index is 0.00539. The molecule has 0 aromatic heterocycles. The SMILES string of the molecule is C=Cc1ccccc1.O=C(/C=C\C(=O)S(=O)(=O)O)S(=O)(=O)O. The van der Waals surface area contributed by atoms with E-state index >= 15 is 0 Å². The van der Waals surface area contributed by atoms with Gasteiger partial charge in [-0.05, 0) is 5.56 Å². The number of hydrogen-bond acceptors (Lipinski definition) is 6. The molecular weight excluding hydrogens is 336 g/mol. The number of carbonyl (C=O) groups is 2. The lowest BCUT2D eigenvalue weighted by atomic mass is 10.2. The molecule has 0 aliphatic heterocycles. The van der Waals surface area contributed by atoms with Crippen LogP contribution in [0, 0.1) is 0 Å². The van der Waals surface area contributed by atoms with E-state index in [9.17, 15) is 26.4 Å². The molecule has 0 heterocycles. The molecule has 0 atom stereocenters. The molecule has 10 heteroatoms. The van der Waals surface area contributed by atoms with Crippen LogP contribution >= 0.6 is 0 Å². The van der Waals surface area contributed by atoms with E-state index in [1.165, 1.54) is 5.56 Å². The molecule has 0 bridgehead atoms. The van der Waals surface area contributed by atoms with Crippen LogP contribution in [0.5, 0.6) is 0 Å². The summed E-state index contributed by atoms with van der Waals surface area (Å²) >= 11 is 0. The highest BCUT2D eigenvalue weighted by Crippen LogP contribution is 1.97. The molecule has 1 aromatic carbocycles. The average Bonchev–Trinajstić information content (AvgIpc) is 2.43. The van der Waals surface area contributed by atoms with E-state index in [-0.39, 0.29) is 12.2 Å². The van der Waals surface area contributed by atoms with Crippen LogP contribution < -0.4 is 0 Å². The van der Waals surface area contributed by atoms with Gasteiger partial charge in [0.25, 0.3) is 10.2 Å². The van der Waals surface area contributed by atoms with Crippen molar-refractivity contribution in [1.82, 2.24) is 0 Å². The molecule has 0 aliphatic carbocycles. The van der Waals surface area contributed by atoms with Gasteiger partial charge in [-0.15, -0.1) is 0 Å². The first-order chi connectivity index (χ1) is 9.98. The Bertz CT molecular complexity index is 728. The first-order valence-electron chi connectivity index (χ1n) is 5.37. The standard InChI is InChI=1S/C8H8.C4H4O8S2/c1-2-8-6-4-3-5-7-8;5-3(13(7,8)9)1-2-4(6)14(10,11)12/h2-7H,1H2;1-2H,(H,7,8,9)(H,10,11,12)/b;2-1-. The zero-order valence-electron chi connectivity index (χ0n) is 11.0. The Labute approximate surface area is 127 Å². The predicted molar refractivity (Wildman–Crippen MR) is 78.8 cm³/mol. The molecular formula is C12H12O8S2. The number of benzene rings is 1. The molecule has 0 amide bonds. The van der Waals surface area contributed by atoms with Crippen LogP contribution in [0.15, 0.2) is 49.1 Å². The largest absolute Gasteiger partial charge is 0.332 e. The zero-order valence-corrected chi connectivity index (χ0v) is 12.6. The van der Waals surface area contributed by atoms with E-state index in [2.05, 4.69) is 6.58 Å². The maximum Gasteiger partial charge on any atom is 0.332 e. The summed E-state index contributed by atoms with van der Waals surface area (Å²) in [5.41, 5.74) is 1.17. The van der Waals surface area contributed by atoms with Crippen molar-refractivity contribution in [3.8, 4) is 0 Å². The van der Waals surface area contributed by atoms with Crippen molar-refractivity contribution in [2.45, 2.75) is 0 Å². The Kier molecular flexibility index (Phi) is 7.53. The third-order valence-electron chi connectivity index (χ3n) is 1.90. The van der Waals surface area contributed by atoms with E-state index in [1.807, 2.05) is 36.4 Å². The minimum Gasteiger partial charge on any atom is -0.279 e. The van der Waals surface area contributed by atoms with Gasteiger partial charge < -0.3 is 0 Å². The van der Waals surface area contributed by atoms with Crippen molar-refractivity contribution in [3.05, 3.63) is 54.6 Å². The second-order valence-corrected chi connectivity index (χ2v) is 6.24. The van der Waals surface area contributed by atoms with Crippen LogP contribution in [-0.2, 0) is 29.8 Å². The van der Waals surface area contributed by atoms with Crippen molar-refractivity contribution in [1.29, 1.82) is 0 Å². The molecule has 0 fully saturated rings. The van der Waals surface area contributed by atoms with Gasteiger partial charge in [0.1, 0.15) is 0 Å². The van der Waals surface area contributed by atoms with Gasteiger partial charge in [-0.2, -0.15) is 16.8 Å². The summed E-state index contributed by atoms with van der Waals surface area (Å²) in [6, 6.07) is 10.0. The van der Waals surface area contributed by atoms with Crippen molar-refractivity contribution in [2.24, 2.45) is 0 Å². The van der Waals surface area contributed by atoms with Gasteiger partial charge in [0.15, 0.2) is 0 Å². The van der Waals surface area contributed by atoms with E-state index in [4.69, 9.17) is 9.11 Å².